The zero-order valence-electron chi connectivity index (χ0n) is 15.0. The van der Waals surface area contributed by atoms with Crippen molar-refractivity contribution in [1.82, 2.24) is 4.98 Å². The number of carbonyl (C=O) groups is 1. The maximum atomic E-state index is 14.7. The van der Waals surface area contributed by atoms with Crippen LogP contribution in [0.4, 0.5) is 15.8 Å². The van der Waals surface area contributed by atoms with E-state index in [1.54, 1.807) is 26.2 Å². The lowest BCUT2D eigenvalue weighted by atomic mass is 10.0. The smallest absolute Gasteiger partial charge is 0.340 e. The number of nitrogens with one attached hydrogen (secondary N) is 1. The average molecular weight is 366 g/mol. The molecule has 3 rings (SSSR count). The summed E-state index contributed by atoms with van der Waals surface area (Å²) in [7, 11) is 1.59. The average Bonchev–Trinajstić information content (AvgIpc) is 2.70. The Kier molecular flexibility index (Phi) is 5.66. The van der Waals surface area contributed by atoms with Crippen molar-refractivity contribution in [3.63, 3.8) is 0 Å². The van der Waals surface area contributed by atoms with Gasteiger partial charge in [0.2, 0.25) is 0 Å². The summed E-state index contributed by atoms with van der Waals surface area (Å²) in [6.45, 7) is 1.98. The molecule has 1 aromatic heterocycles. The van der Waals surface area contributed by atoms with Crippen molar-refractivity contribution in [2.75, 3.05) is 19.0 Å². The van der Waals surface area contributed by atoms with E-state index in [4.69, 9.17) is 9.47 Å². The SMILES string of the molecule is CCOC(=O)c1ccncc1Nc1ccc(-c2cccc(OC)c2)cc1F. The number of hydrogen-bond acceptors (Lipinski definition) is 5. The number of aromatic nitrogens is 1. The van der Waals surface area contributed by atoms with Crippen LogP contribution >= 0.6 is 0 Å². The van der Waals surface area contributed by atoms with Gasteiger partial charge in [0.15, 0.2) is 0 Å². The van der Waals surface area contributed by atoms with Gasteiger partial charge in [-0.25, -0.2) is 9.18 Å². The summed E-state index contributed by atoms with van der Waals surface area (Å²) >= 11 is 0. The Labute approximate surface area is 156 Å². The zero-order chi connectivity index (χ0) is 19.2. The molecule has 5 nitrogen and oxygen atoms in total. The lowest BCUT2D eigenvalue weighted by Crippen LogP contribution is -2.08. The van der Waals surface area contributed by atoms with Crippen molar-refractivity contribution in [2.24, 2.45) is 0 Å². The first-order valence-corrected chi connectivity index (χ1v) is 8.44. The lowest BCUT2D eigenvalue weighted by Gasteiger charge is -2.12. The predicted octanol–water partition coefficient (Wildman–Crippen LogP) is 4.82. The number of nitrogens with zero attached hydrogens (tertiary/aromatic N) is 1. The maximum absolute atomic E-state index is 14.7. The van der Waals surface area contributed by atoms with Crippen molar-refractivity contribution in [3.8, 4) is 16.9 Å². The van der Waals surface area contributed by atoms with Gasteiger partial charge in [0.05, 0.1) is 36.9 Å². The van der Waals surface area contributed by atoms with Gasteiger partial charge in [0.25, 0.3) is 0 Å². The molecule has 6 heteroatoms. The molecule has 0 fully saturated rings. The van der Waals surface area contributed by atoms with Crippen LogP contribution < -0.4 is 10.1 Å². The van der Waals surface area contributed by atoms with Gasteiger partial charge in [0.1, 0.15) is 11.6 Å². The molecule has 0 radical (unpaired) electrons. The van der Waals surface area contributed by atoms with E-state index >= 15 is 0 Å². The summed E-state index contributed by atoms with van der Waals surface area (Å²) < 4.78 is 24.9. The molecule has 1 heterocycles. The minimum absolute atomic E-state index is 0.236. The van der Waals surface area contributed by atoms with Crippen molar-refractivity contribution >= 4 is 17.3 Å². The number of esters is 1. The summed E-state index contributed by atoms with van der Waals surface area (Å²) in [6, 6.07) is 13.8. The Balaban J connectivity index is 1.88. The summed E-state index contributed by atoms with van der Waals surface area (Å²) in [6.07, 6.45) is 2.95. The number of hydrogen-bond donors (Lipinski definition) is 1. The van der Waals surface area contributed by atoms with Gasteiger partial charge >= 0.3 is 5.97 Å². The van der Waals surface area contributed by atoms with Crippen molar-refractivity contribution in [2.45, 2.75) is 6.92 Å². The number of rotatable bonds is 6. The third-order valence-electron chi connectivity index (χ3n) is 3.96. The second kappa shape index (κ2) is 8.31. The second-order valence-electron chi connectivity index (χ2n) is 5.69. The Morgan fingerprint density at radius 1 is 1.11 bits per heavy atom. The molecule has 1 N–H and O–H groups in total. The van der Waals surface area contributed by atoms with Gasteiger partial charge in [0, 0.05) is 6.20 Å². The number of halogens is 1. The fourth-order valence-corrected chi connectivity index (χ4v) is 2.62. The zero-order valence-corrected chi connectivity index (χ0v) is 15.0. The second-order valence-corrected chi connectivity index (χ2v) is 5.69. The van der Waals surface area contributed by atoms with Gasteiger partial charge in [-0.3, -0.25) is 4.98 Å². The highest BCUT2D eigenvalue weighted by Gasteiger charge is 2.14. The quantitative estimate of drug-likeness (QED) is 0.634. The Morgan fingerprint density at radius 2 is 1.93 bits per heavy atom. The molecule has 0 atom stereocenters. The van der Waals surface area contributed by atoms with Crippen LogP contribution in [-0.4, -0.2) is 24.7 Å². The van der Waals surface area contributed by atoms with Crippen molar-refractivity contribution in [1.29, 1.82) is 0 Å². The number of carbonyl (C=O) groups excluding carboxylic acids is 1. The van der Waals surface area contributed by atoms with Crippen LogP contribution in [0.3, 0.4) is 0 Å². The van der Waals surface area contributed by atoms with Crippen LogP contribution in [0.15, 0.2) is 60.9 Å². The van der Waals surface area contributed by atoms with Crippen LogP contribution in [0, 0.1) is 5.82 Å². The number of ether oxygens (including phenoxy) is 2. The largest absolute Gasteiger partial charge is 0.497 e. The molecule has 0 aliphatic heterocycles. The highest BCUT2D eigenvalue weighted by atomic mass is 19.1. The van der Waals surface area contributed by atoms with E-state index in [9.17, 15) is 9.18 Å². The van der Waals surface area contributed by atoms with Gasteiger partial charge < -0.3 is 14.8 Å². The Bertz CT molecular complexity index is 960. The van der Waals surface area contributed by atoms with E-state index in [0.29, 0.717) is 22.6 Å². The van der Waals surface area contributed by atoms with Crippen molar-refractivity contribution < 1.29 is 18.7 Å². The van der Waals surface area contributed by atoms with E-state index < -0.39 is 11.8 Å². The number of anilines is 2. The van der Waals surface area contributed by atoms with Gasteiger partial charge in [-0.2, -0.15) is 0 Å². The summed E-state index contributed by atoms with van der Waals surface area (Å²) in [4.78, 5) is 16.0. The molecule has 0 saturated heterocycles. The fourth-order valence-electron chi connectivity index (χ4n) is 2.62. The number of methoxy groups -OCH3 is 1. The summed E-state index contributed by atoms with van der Waals surface area (Å²) in [5.74, 6) is -0.241. The van der Waals surface area contributed by atoms with Crippen molar-refractivity contribution in [3.05, 3.63) is 72.3 Å². The van der Waals surface area contributed by atoms with Gasteiger partial charge in [-0.15, -0.1) is 0 Å². The molecule has 0 bridgehead atoms. The van der Waals surface area contributed by atoms with Gasteiger partial charge in [-0.05, 0) is 48.4 Å². The highest BCUT2D eigenvalue weighted by Crippen LogP contribution is 2.29. The van der Waals surface area contributed by atoms with Gasteiger partial charge in [-0.1, -0.05) is 18.2 Å². The Hall–Kier alpha value is -3.41. The molecule has 0 spiro atoms. The number of pyridine rings is 1. The maximum Gasteiger partial charge on any atom is 0.340 e. The van der Waals surface area contributed by atoms with Crippen LogP contribution in [0.2, 0.25) is 0 Å². The molecular weight excluding hydrogens is 347 g/mol. The molecule has 138 valence electrons. The molecular formula is C21H19FN2O3. The first kappa shape index (κ1) is 18.4. The van der Waals surface area contributed by atoms with Crippen LogP contribution in [-0.2, 0) is 4.74 Å². The van der Waals surface area contributed by atoms with E-state index in [0.717, 1.165) is 5.56 Å². The molecule has 0 amide bonds. The molecule has 3 aromatic rings. The molecule has 0 aliphatic rings. The molecule has 2 aromatic carbocycles. The fraction of sp³-hybridized carbons (Fsp3) is 0.143. The predicted molar refractivity (Wildman–Crippen MR) is 102 cm³/mol. The number of benzene rings is 2. The standard InChI is InChI=1S/C21H19FN2O3/c1-3-27-21(25)17-9-10-23-13-20(17)24-19-8-7-15(12-18(19)22)14-5-4-6-16(11-14)26-2/h4-13,24H,3H2,1-2H3. The lowest BCUT2D eigenvalue weighted by molar-refractivity contribution is 0.0527. The minimum Gasteiger partial charge on any atom is -0.497 e. The van der Waals surface area contributed by atoms with Crippen LogP contribution in [0.25, 0.3) is 11.1 Å². The van der Waals surface area contributed by atoms with E-state index in [1.807, 2.05) is 24.3 Å². The van der Waals surface area contributed by atoms with Crippen LogP contribution in [0.5, 0.6) is 5.75 Å². The van der Waals surface area contributed by atoms with E-state index in [-0.39, 0.29) is 12.3 Å². The third kappa shape index (κ3) is 4.23. The first-order valence-electron chi connectivity index (χ1n) is 8.44. The van der Waals surface area contributed by atoms with Crippen LogP contribution in [0.1, 0.15) is 17.3 Å². The molecule has 0 saturated carbocycles. The normalized spacial score (nSPS) is 10.3. The minimum atomic E-state index is -0.490. The van der Waals surface area contributed by atoms with E-state index in [2.05, 4.69) is 10.3 Å². The monoisotopic (exact) mass is 366 g/mol. The first-order chi connectivity index (χ1) is 13.1. The molecule has 0 aliphatic carbocycles. The summed E-state index contributed by atoms with van der Waals surface area (Å²) in [5, 5.41) is 2.92. The topological polar surface area (TPSA) is 60.5 Å². The molecule has 27 heavy (non-hydrogen) atoms. The molecule has 0 unspecified atom stereocenters. The van der Waals surface area contributed by atoms with E-state index in [1.165, 1.54) is 24.5 Å². The summed E-state index contributed by atoms with van der Waals surface area (Å²) in [5.41, 5.74) is 2.47. The Morgan fingerprint density at radius 3 is 2.67 bits per heavy atom. The third-order valence-corrected chi connectivity index (χ3v) is 3.96. The highest BCUT2D eigenvalue weighted by molar-refractivity contribution is 5.96.